The molecule has 8 N–H and O–H groups in total. The van der Waals surface area contributed by atoms with Gasteiger partial charge in [0.25, 0.3) is 0 Å². The highest BCUT2D eigenvalue weighted by Crippen LogP contribution is 2.45. The van der Waals surface area contributed by atoms with Gasteiger partial charge in [0, 0.05) is 30.4 Å². The largest absolute Gasteiger partial charge is 0.399 e. The lowest BCUT2D eigenvalue weighted by molar-refractivity contribution is -0.117. The van der Waals surface area contributed by atoms with Crippen molar-refractivity contribution < 1.29 is 9.59 Å². The molecular weight excluding hydrogens is 450 g/mol. The standard InChI is InChI=1S/C29H33N5O2/c30-19-11-13-21-22-14-12-20(31)17-24(22)25(23(21)16-19)18-29(36)33-15-7-3-1-2-4-10-28(35)34-27-9-6-5-8-26(27)32/h5-6,8-9,11-14,16-18H,1-4,7,10,15,30-32H2,(H,33,36)(H,34,35). The zero-order chi connectivity index (χ0) is 25.5. The van der Waals surface area contributed by atoms with Crippen LogP contribution >= 0.6 is 0 Å². The highest BCUT2D eigenvalue weighted by molar-refractivity contribution is 6.09. The van der Waals surface area contributed by atoms with Crippen molar-refractivity contribution >= 4 is 40.1 Å². The second-order valence-electron chi connectivity index (χ2n) is 9.11. The molecule has 1 aliphatic rings. The van der Waals surface area contributed by atoms with E-state index in [0.717, 1.165) is 59.9 Å². The van der Waals surface area contributed by atoms with Crippen molar-refractivity contribution in [1.29, 1.82) is 0 Å². The Hall–Kier alpha value is -4.26. The molecule has 3 aromatic carbocycles. The van der Waals surface area contributed by atoms with Gasteiger partial charge < -0.3 is 27.8 Å². The number of hydrogen-bond acceptors (Lipinski definition) is 5. The molecule has 7 nitrogen and oxygen atoms in total. The minimum Gasteiger partial charge on any atom is -0.399 e. The van der Waals surface area contributed by atoms with Crippen molar-refractivity contribution in [3.8, 4) is 11.1 Å². The van der Waals surface area contributed by atoms with Gasteiger partial charge in [-0.05, 0) is 77.1 Å². The van der Waals surface area contributed by atoms with E-state index in [2.05, 4.69) is 10.6 Å². The van der Waals surface area contributed by atoms with Crippen molar-refractivity contribution in [1.82, 2.24) is 5.32 Å². The first-order valence-electron chi connectivity index (χ1n) is 12.4. The van der Waals surface area contributed by atoms with Gasteiger partial charge in [-0.3, -0.25) is 9.59 Å². The van der Waals surface area contributed by atoms with Crippen LogP contribution in [0.2, 0.25) is 0 Å². The van der Waals surface area contributed by atoms with E-state index in [1.165, 1.54) is 0 Å². The van der Waals surface area contributed by atoms with E-state index < -0.39 is 0 Å². The van der Waals surface area contributed by atoms with Gasteiger partial charge in [-0.2, -0.15) is 0 Å². The molecule has 0 saturated carbocycles. The summed E-state index contributed by atoms with van der Waals surface area (Å²) in [4.78, 5) is 24.7. The fourth-order valence-electron chi connectivity index (χ4n) is 4.50. The van der Waals surface area contributed by atoms with Crippen LogP contribution < -0.4 is 27.8 Å². The minimum absolute atomic E-state index is 0.0215. The Morgan fingerprint density at radius 3 is 2.00 bits per heavy atom. The zero-order valence-electron chi connectivity index (χ0n) is 20.3. The van der Waals surface area contributed by atoms with Crippen LogP contribution in [0.4, 0.5) is 22.7 Å². The topological polar surface area (TPSA) is 136 Å². The first-order valence-corrected chi connectivity index (χ1v) is 12.4. The number of rotatable bonds is 10. The average molecular weight is 484 g/mol. The summed E-state index contributed by atoms with van der Waals surface area (Å²) in [5, 5.41) is 5.84. The summed E-state index contributed by atoms with van der Waals surface area (Å²) in [6, 6.07) is 18.8. The Morgan fingerprint density at radius 2 is 1.33 bits per heavy atom. The SMILES string of the molecule is Nc1ccc2c(c1)C(=CC(=O)NCCCCCCCC(=O)Nc1ccccc1N)c1cc(N)ccc1-2. The van der Waals surface area contributed by atoms with E-state index in [1.807, 2.05) is 48.5 Å². The second-order valence-corrected chi connectivity index (χ2v) is 9.11. The molecule has 0 aliphatic heterocycles. The lowest BCUT2D eigenvalue weighted by atomic mass is 10.0. The summed E-state index contributed by atoms with van der Waals surface area (Å²) >= 11 is 0. The molecule has 4 rings (SSSR count). The number of benzene rings is 3. The summed E-state index contributed by atoms with van der Waals surface area (Å²) in [7, 11) is 0. The Balaban J connectivity index is 1.19. The van der Waals surface area contributed by atoms with Crippen molar-refractivity contribution in [2.24, 2.45) is 0 Å². The number of nitrogens with two attached hydrogens (primary N) is 3. The normalized spacial score (nSPS) is 11.5. The van der Waals surface area contributed by atoms with Gasteiger partial charge in [0.1, 0.15) is 0 Å². The summed E-state index contributed by atoms with van der Waals surface area (Å²) in [6.45, 7) is 0.601. The highest BCUT2D eigenvalue weighted by atomic mass is 16.2. The van der Waals surface area contributed by atoms with E-state index in [-0.39, 0.29) is 11.8 Å². The van der Waals surface area contributed by atoms with Crippen molar-refractivity contribution in [2.75, 3.05) is 29.1 Å². The number of carbonyl (C=O) groups is 2. The molecule has 0 aromatic heterocycles. The quantitative estimate of drug-likeness (QED) is 0.124. The van der Waals surface area contributed by atoms with E-state index >= 15 is 0 Å². The molecule has 2 amide bonds. The van der Waals surface area contributed by atoms with Crippen LogP contribution in [-0.2, 0) is 9.59 Å². The van der Waals surface area contributed by atoms with E-state index in [0.29, 0.717) is 35.7 Å². The van der Waals surface area contributed by atoms with Crippen LogP contribution in [0, 0.1) is 0 Å². The van der Waals surface area contributed by atoms with E-state index in [4.69, 9.17) is 17.2 Å². The van der Waals surface area contributed by atoms with Crippen molar-refractivity contribution in [3.63, 3.8) is 0 Å². The smallest absolute Gasteiger partial charge is 0.244 e. The third-order valence-corrected chi connectivity index (χ3v) is 6.35. The summed E-state index contributed by atoms with van der Waals surface area (Å²) in [6.07, 6.45) is 6.78. The molecule has 1 aliphatic carbocycles. The van der Waals surface area contributed by atoms with Gasteiger partial charge in [-0.1, -0.05) is 43.5 Å². The molecule has 0 heterocycles. The molecule has 3 aromatic rings. The molecule has 0 spiro atoms. The lowest BCUT2D eigenvalue weighted by Gasteiger charge is -2.08. The van der Waals surface area contributed by atoms with Gasteiger partial charge >= 0.3 is 0 Å². The molecule has 0 radical (unpaired) electrons. The van der Waals surface area contributed by atoms with Crippen LogP contribution in [0.5, 0.6) is 0 Å². The molecule has 36 heavy (non-hydrogen) atoms. The number of anilines is 4. The fraction of sp³-hybridized carbons (Fsp3) is 0.241. The number of para-hydroxylation sites is 2. The maximum atomic E-state index is 12.7. The van der Waals surface area contributed by atoms with Crippen molar-refractivity contribution in [3.05, 3.63) is 77.9 Å². The van der Waals surface area contributed by atoms with Crippen LogP contribution in [0.3, 0.4) is 0 Å². The molecular formula is C29H33N5O2. The van der Waals surface area contributed by atoms with Crippen LogP contribution in [0.25, 0.3) is 16.7 Å². The first-order chi connectivity index (χ1) is 17.4. The maximum absolute atomic E-state index is 12.7. The van der Waals surface area contributed by atoms with Crippen LogP contribution in [-0.4, -0.2) is 18.4 Å². The number of amides is 2. The predicted octanol–water partition coefficient (Wildman–Crippen LogP) is 4.94. The molecule has 0 unspecified atom stereocenters. The monoisotopic (exact) mass is 483 g/mol. The minimum atomic E-state index is -0.134. The van der Waals surface area contributed by atoms with Gasteiger partial charge in [-0.25, -0.2) is 0 Å². The van der Waals surface area contributed by atoms with E-state index in [9.17, 15) is 9.59 Å². The zero-order valence-corrected chi connectivity index (χ0v) is 20.3. The number of hydrogen-bond donors (Lipinski definition) is 5. The van der Waals surface area contributed by atoms with Crippen molar-refractivity contribution in [2.45, 2.75) is 38.5 Å². The van der Waals surface area contributed by atoms with Gasteiger partial charge in [0.05, 0.1) is 11.4 Å². The predicted molar refractivity (Wildman–Crippen MR) is 148 cm³/mol. The summed E-state index contributed by atoms with van der Waals surface area (Å²) < 4.78 is 0. The lowest BCUT2D eigenvalue weighted by Crippen LogP contribution is -2.22. The molecule has 186 valence electrons. The third-order valence-electron chi connectivity index (χ3n) is 6.35. The number of fused-ring (bicyclic) bond motifs is 3. The number of carbonyl (C=O) groups excluding carboxylic acids is 2. The Kier molecular flexibility index (Phi) is 7.90. The van der Waals surface area contributed by atoms with E-state index in [1.54, 1.807) is 18.2 Å². The van der Waals surface area contributed by atoms with Gasteiger partial charge in [0.15, 0.2) is 0 Å². The summed E-state index contributed by atoms with van der Waals surface area (Å²) in [5.41, 5.74) is 25.3. The molecule has 0 saturated heterocycles. The van der Waals surface area contributed by atoms with Gasteiger partial charge in [-0.15, -0.1) is 0 Å². The van der Waals surface area contributed by atoms with Crippen LogP contribution in [0.1, 0.15) is 49.7 Å². The highest BCUT2D eigenvalue weighted by Gasteiger charge is 2.24. The Labute approximate surface area is 211 Å². The number of unbranched alkanes of at least 4 members (excludes halogenated alkanes) is 4. The average Bonchev–Trinajstić information content (AvgIpc) is 3.14. The first kappa shape index (κ1) is 24.9. The fourth-order valence-corrected chi connectivity index (χ4v) is 4.50. The maximum Gasteiger partial charge on any atom is 0.244 e. The molecule has 0 atom stereocenters. The third kappa shape index (κ3) is 6.05. The second kappa shape index (κ2) is 11.4. The molecule has 0 bridgehead atoms. The molecule has 7 heteroatoms. The van der Waals surface area contributed by atoms with Crippen LogP contribution in [0.15, 0.2) is 66.7 Å². The number of nitrogens with one attached hydrogen (secondary N) is 2. The summed E-state index contributed by atoms with van der Waals surface area (Å²) in [5.74, 6) is -0.155. The van der Waals surface area contributed by atoms with Gasteiger partial charge in [0.2, 0.25) is 11.8 Å². The Bertz CT molecular complexity index is 1250. The Morgan fingerprint density at radius 1 is 0.722 bits per heavy atom. The molecule has 0 fully saturated rings. The number of nitrogen functional groups attached to an aromatic ring is 3.